The molecule has 0 aromatic heterocycles. The van der Waals surface area contributed by atoms with Gasteiger partial charge in [0.25, 0.3) is 0 Å². The molecule has 100 valence electrons. The number of aryl methyl sites for hydroxylation is 2. The van der Waals surface area contributed by atoms with Crippen LogP contribution in [-0.4, -0.2) is 26.0 Å². The van der Waals surface area contributed by atoms with Crippen molar-refractivity contribution in [1.29, 1.82) is 0 Å². The molecule has 1 saturated heterocycles. The van der Waals surface area contributed by atoms with Crippen molar-refractivity contribution in [3.8, 4) is 0 Å². The minimum absolute atomic E-state index is 0.0627. The molecule has 0 bridgehead atoms. The Kier molecular flexibility index (Phi) is 3.78. The maximum absolute atomic E-state index is 11.9. The van der Waals surface area contributed by atoms with Crippen molar-refractivity contribution < 1.29 is 8.42 Å². The van der Waals surface area contributed by atoms with Crippen molar-refractivity contribution in [3.63, 3.8) is 0 Å². The quantitative estimate of drug-likeness (QED) is 0.893. The van der Waals surface area contributed by atoms with Gasteiger partial charge in [0.2, 0.25) is 0 Å². The third-order valence-corrected chi connectivity index (χ3v) is 5.20. The van der Waals surface area contributed by atoms with E-state index in [2.05, 4.69) is 23.5 Å². The topological polar surface area (TPSA) is 46.2 Å². The summed E-state index contributed by atoms with van der Waals surface area (Å²) < 4.78 is 23.9. The molecule has 0 radical (unpaired) electrons. The Morgan fingerprint density at radius 2 is 1.78 bits per heavy atom. The first kappa shape index (κ1) is 13.6. The van der Waals surface area contributed by atoms with Gasteiger partial charge in [-0.1, -0.05) is 36.2 Å². The second-order valence-corrected chi connectivity index (χ2v) is 7.48. The Morgan fingerprint density at radius 1 is 1.17 bits per heavy atom. The monoisotopic (exact) mass is 267 g/mol. The fourth-order valence-electron chi connectivity index (χ4n) is 2.65. The number of hydrogen-bond acceptors (Lipinski definition) is 3. The summed E-state index contributed by atoms with van der Waals surface area (Å²) in [7, 11) is -2.93. The van der Waals surface area contributed by atoms with Crippen LogP contribution in [0.2, 0.25) is 0 Å². The summed E-state index contributed by atoms with van der Waals surface area (Å²) in [6, 6.07) is 6.29. The molecule has 0 saturated carbocycles. The van der Waals surface area contributed by atoms with E-state index in [0.717, 1.165) is 12.0 Å². The van der Waals surface area contributed by atoms with E-state index in [4.69, 9.17) is 0 Å². The van der Waals surface area contributed by atoms with Crippen LogP contribution in [0, 0.1) is 13.8 Å². The normalized spacial score (nSPS) is 27.1. The Labute approximate surface area is 110 Å². The zero-order chi connectivity index (χ0) is 13.3. The highest BCUT2D eigenvalue weighted by atomic mass is 32.2. The summed E-state index contributed by atoms with van der Waals surface area (Å²) in [5.74, 6) is 0.483. The first-order valence-electron chi connectivity index (χ1n) is 6.44. The van der Waals surface area contributed by atoms with Gasteiger partial charge in [-0.2, -0.15) is 0 Å². The van der Waals surface area contributed by atoms with Crippen LogP contribution in [0.15, 0.2) is 18.2 Å². The molecular weight excluding hydrogens is 246 g/mol. The van der Waals surface area contributed by atoms with Crippen LogP contribution in [-0.2, 0) is 9.84 Å². The van der Waals surface area contributed by atoms with Crippen LogP contribution in [0.1, 0.15) is 36.1 Å². The Bertz CT molecular complexity index is 516. The zero-order valence-electron chi connectivity index (χ0n) is 11.2. The maximum atomic E-state index is 11.9. The standard InChI is InChI=1S/C14H21NO2S/c1-4-13-8-18(16,17)9-14(15-13)12-6-10(2)5-11(3)7-12/h5-7,13-15H,4,8-9H2,1-3H3. The SMILES string of the molecule is CCC1CS(=O)(=O)CC(c2cc(C)cc(C)c2)N1. The molecule has 1 heterocycles. The van der Waals surface area contributed by atoms with Gasteiger partial charge in [0, 0.05) is 12.1 Å². The van der Waals surface area contributed by atoms with Gasteiger partial charge in [-0.05, 0) is 25.8 Å². The number of benzene rings is 1. The van der Waals surface area contributed by atoms with Crippen molar-refractivity contribution in [3.05, 3.63) is 34.9 Å². The van der Waals surface area contributed by atoms with E-state index in [0.29, 0.717) is 0 Å². The molecule has 1 N–H and O–H groups in total. The molecule has 1 aliphatic heterocycles. The molecule has 1 aliphatic rings. The Morgan fingerprint density at radius 3 is 2.33 bits per heavy atom. The highest BCUT2D eigenvalue weighted by Gasteiger charge is 2.31. The van der Waals surface area contributed by atoms with Gasteiger partial charge in [0.15, 0.2) is 9.84 Å². The molecule has 18 heavy (non-hydrogen) atoms. The predicted molar refractivity (Wildman–Crippen MR) is 74.5 cm³/mol. The lowest BCUT2D eigenvalue weighted by Gasteiger charge is -2.31. The summed E-state index contributed by atoms with van der Waals surface area (Å²) in [5, 5.41) is 3.45. The second kappa shape index (κ2) is 5.02. The summed E-state index contributed by atoms with van der Waals surface area (Å²) >= 11 is 0. The van der Waals surface area contributed by atoms with Gasteiger partial charge >= 0.3 is 0 Å². The maximum Gasteiger partial charge on any atom is 0.153 e. The Hall–Kier alpha value is -0.870. The van der Waals surface area contributed by atoms with Crippen LogP contribution in [0.3, 0.4) is 0 Å². The summed E-state index contributed by atoms with van der Waals surface area (Å²) in [6.07, 6.45) is 0.848. The van der Waals surface area contributed by atoms with Crippen molar-refractivity contribution in [2.45, 2.75) is 39.3 Å². The van der Waals surface area contributed by atoms with Crippen molar-refractivity contribution in [2.75, 3.05) is 11.5 Å². The highest BCUT2D eigenvalue weighted by Crippen LogP contribution is 2.23. The Balaban J connectivity index is 2.31. The van der Waals surface area contributed by atoms with E-state index < -0.39 is 9.84 Å². The minimum Gasteiger partial charge on any atom is -0.305 e. The molecule has 0 amide bonds. The molecule has 0 spiro atoms. The first-order chi connectivity index (χ1) is 8.39. The third kappa shape index (κ3) is 3.12. The minimum atomic E-state index is -2.93. The molecule has 2 atom stereocenters. The van der Waals surface area contributed by atoms with Gasteiger partial charge in [-0.3, -0.25) is 0 Å². The highest BCUT2D eigenvalue weighted by molar-refractivity contribution is 7.91. The van der Waals surface area contributed by atoms with E-state index in [-0.39, 0.29) is 23.6 Å². The van der Waals surface area contributed by atoms with E-state index >= 15 is 0 Å². The molecule has 0 aliphatic carbocycles. The predicted octanol–water partition coefficient (Wildman–Crippen LogP) is 2.14. The van der Waals surface area contributed by atoms with Crippen molar-refractivity contribution in [1.82, 2.24) is 5.32 Å². The molecule has 1 fully saturated rings. The van der Waals surface area contributed by atoms with Crippen LogP contribution in [0.5, 0.6) is 0 Å². The van der Waals surface area contributed by atoms with Crippen LogP contribution < -0.4 is 5.32 Å². The fraction of sp³-hybridized carbons (Fsp3) is 0.571. The molecule has 4 heteroatoms. The van der Waals surface area contributed by atoms with E-state index in [1.165, 1.54) is 11.1 Å². The van der Waals surface area contributed by atoms with Gasteiger partial charge in [0.1, 0.15) is 0 Å². The molecule has 3 nitrogen and oxygen atoms in total. The van der Waals surface area contributed by atoms with E-state index in [9.17, 15) is 8.42 Å². The smallest absolute Gasteiger partial charge is 0.153 e. The largest absolute Gasteiger partial charge is 0.305 e. The number of rotatable bonds is 2. The lowest BCUT2D eigenvalue weighted by atomic mass is 10.0. The number of nitrogens with one attached hydrogen (secondary N) is 1. The van der Waals surface area contributed by atoms with Gasteiger partial charge in [-0.25, -0.2) is 8.42 Å². The molecule has 2 unspecified atom stereocenters. The van der Waals surface area contributed by atoms with Gasteiger partial charge in [-0.15, -0.1) is 0 Å². The molecular formula is C14H21NO2S. The van der Waals surface area contributed by atoms with E-state index in [1.807, 2.05) is 20.8 Å². The molecule has 1 aromatic rings. The summed E-state index contributed by atoms with van der Waals surface area (Å²) in [6.45, 7) is 6.12. The van der Waals surface area contributed by atoms with E-state index in [1.54, 1.807) is 0 Å². The lowest BCUT2D eigenvalue weighted by molar-refractivity contribution is 0.440. The van der Waals surface area contributed by atoms with Crippen molar-refractivity contribution in [2.24, 2.45) is 0 Å². The van der Waals surface area contributed by atoms with Crippen LogP contribution in [0.4, 0.5) is 0 Å². The van der Waals surface area contributed by atoms with Crippen molar-refractivity contribution >= 4 is 9.84 Å². The molecule has 2 rings (SSSR count). The van der Waals surface area contributed by atoms with Gasteiger partial charge < -0.3 is 5.32 Å². The summed E-state index contributed by atoms with van der Waals surface area (Å²) in [4.78, 5) is 0. The van der Waals surface area contributed by atoms with Crippen LogP contribution in [0.25, 0.3) is 0 Å². The third-order valence-electron chi connectivity index (χ3n) is 3.45. The van der Waals surface area contributed by atoms with Gasteiger partial charge in [0.05, 0.1) is 11.5 Å². The zero-order valence-corrected chi connectivity index (χ0v) is 12.0. The fourth-order valence-corrected chi connectivity index (χ4v) is 4.53. The average molecular weight is 267 g/mol. The lowest BCUT2D eigenvalue weighted by Crippen LogP contribution is -2.46. The summed E-state index contributed by atoms with van der Waals surface area (Å²) in [5.41, 5.74) is 3.46. The number of sulfone groups is 1. The first-order valence-corrected chi connectivity index (χ1v) is 8.26. The number of hydrogen-bond donors (Lipinski definition) is 1. The van der Waals surface area contributed by atoms with Crippen LogP contribution >= 0.6 is 0 Å². The average Bonchev–Trinajstić information content (AvgIpc) is 2.25. The second-order valence-electron chi connectivity index (χ2n) is 5.32. The molecule has 1 aromatic carbocycles.